The fourth-order valence-corrected chi connectivity index (χ4v) is 3.00. The van der Waals surface area contributed by atoms with Gasteiger partial charge in [-0.25, -0.2) is 9.37 Å². The Kier molecular flexibility index (Phi) is 6.27. The molecular formula is C22H23FN4O3. The largest absolute Gasteiger partial charge is 0.501 e. The summed E-state index contributed by atoms with van der Waals surface area (Å²) >= 11 is 0. The van der Waals surface area contributed by atoms with Gasteiger partial charge in [0.05, 0.1) is 0 Å². The summed E-state index contributed by atoms with van der Waals surface area (Å²) in [6, 6.07) is 13.1. The molecule has 1 heterocycles. The lowest BCUT2D eigenvalue weighted by Gasteiger charge is -2.13. The maximum atomic E-state index is 13.0. The average Bonchev–Trinajstić information content (AvgIpc) is 2.72. The number of carbonyl (C=O) groups excluding carboxylic acids is 1. The van der Waals surface area contributed by atoms with Crippen molar-refractivity contribution >= 4 is 5.91 Å². The van der Waals surface area contributed by atoms with Gasteiger partial charge in [-0.3, -0.25) is 14.2 Å². The van der Waals surface area contributed by atoms with Gasteiger partial charge in [-0.1, -0.05) is 36.4 Å². The minimum Gasteiger partial charge on any atom is -0.501 e. The van der Waals surface area contributed by atoms with Crippen LogP contribution in [0.2, 0.25) is 0 Å². The first-order chi connectivity index (χ1) is 14.3. The van der Waals surface area contributed by atoms with E-state index in [2.05, 4.69) is 10.3 Å². The van der Waals surface area contributed by atoms with Gasteiger partial charge in [-0.15, -0.1) is 0 Å². The first-order valence-corrected chi connectivity index (χ1v) is 9.33. The maximum absolute atomic E-state index is 13.0. The van der Waals surface area contributed by atoms with Gasteiger partial charge < -0.3 is 15.3 Å². The number of hydrogen-bond donors (Lipinski definition) is 2. The standard InChI is InChI=1S/C22H23FN4O3/c1-26(2)13-15-4-8-16(9-5-15)20-25-18(19(28)22(30)27(20)3)21(29)24-12-14-6-10-17(23)11-7-14/h4-11,28H,12-13H2,1-3H3,(H,24,29). The number of benzene rings is 2. The normalized spacial score (nSPS) is 11.0. The number of hydrogen-bond acceptors (Lipinski definition) is 5. The molecule has 0 atom stereocenters. The third-order valence-corrected chi connectivity index (χ3v) is 4.56. The molecule has 0 spiro atoms. The molecule has 30 heavy (non-hydrogen) atoms. The first kappa shape index (κ1) is 21.2. The molecule has 0 bridgehead atoms. The van der Waals surface area contributed by atoms with Gasteiger partial charge in [-0.05, 0) is 37.4 Å². The number of nitrogens with zero attached hydrogens (tertiary/aromatic N) is 3. The zero-order valence-electron chi connectivity index (χ0n) is 17.0. The third-order valence-electron chi connectivity index (χ3n) is 4.56. The molecule has 3 aromatic rings. The Morgan fingerprint density at radius 2 is 1.70 bits per heavy atom. The second kappa shape index (κ2) is 8.87. The summed E-state index contributed by atoms with van der Waals surface area (Å²) in [5.41, 5.74) is 1.33. The zero-order chi connectivity index (χ0) is 21.8. The van der Waals surface area contributed by atoms with Crippen molar-refractivity contribution in [1.29, 1.82) is 0 Å². The molecule has 8 heteroatoms. The van der Waals surface area contributed by atoms with Crippen LogP contribution < -0.4 is 10.9 Å². The van der Waals surface area contributed by atoms with Crippen LogP contribution in [0, 0.1) is 5.82 Å². The Labute approximate surface area is 173 Å². The van der Waals surface area contributed by atoms with Crippen LogP contribution in [0.1, 0.15) is 21.6 Å². The number of aromatic nitrogens is 2. The minimum atomic E-state index is -0.720. The van der Waals surface area contributed by atoms with Gasteiger partial charge in [0, 0.05) is 25.7 Å². The Morgan fingerprint density at radius 1 is 1.10 bits per heavy atom. The van der Waals surface area contributed by atoms with E-state index in [1.54, 1.807) is 0 Å². The number of nitrogens with one attached hydrogen (secondary N) is 1. The molecule has 0 fully saturated rings. The molecule has 3 rings (SSSR count). The Morgan fingerprint density at radius 3 is 2.30 bits per heavy atom. The van der Waals surface area contributed by atoms with E-state index in [1.165, 1.54) is 35.9 Å². The maximum Gasteiger partial charge on any atom is 0.296 e. The van der Waals surface area contributed by atoms with E-state index in [9.17, 15) is 19.1 Å². The molecule has 1 aromatic heterocycles. The predicted octanol–water partition coefficient (Wildman–Crippen LogP) is 2.28. The van der Waals surface area contributed by atoms with E-state index in [4.69, 9.17) is 0 Å². The first-order valence-electron chi connectivity index (χ1n) is 9.33. The van der Waals surface area contributed by atoms with Crippen molar-refractivity contribution in [3.8, 4) is 17.1 Å². The fourth-order valence-electron chi connectivity index (χ4n) is 3.00. The molecule has 0 aliphatic carbocycles. The second-order valence-electron chi connectivity index (χ2n) is 7.24. The van der Waals surface area contributed by atoms with Gasteiger partial charge in [0.2, 0.25) is 5.75 Å². The Bertz CT molecular complexity index is 1110. The Balaban J connectivity index is 1.88. The second-order valence-corrected chi connectivity index (χ2v) is 7.24. The highest BCUT2D eigenvalue weighted by molar-refractivity contribution is 5.95. The molecule has 0 radical (unpaired) electrons. The van der Waals surface area contributed by atoms with E-state index in [0.717, 1.165) is 12.1 Å². The van der Waals surface area contributed by atoms with Crippen molar-refractivity contribution in [3.05, 3.63) is 81.5 Å². The molecule has 1 amide bonds. The van der Waals surface area contributed by atoms with Crippen LogP contribution in [0.4, 0.5) is 4.39 Å². The average molecular weight is 410 g/mol. The molecule has 2 aromatic carbocycles. The highest BCUT2D eigenvalue weighted by atomic mass is 19.1. The van der Waals surface area contributed by atoms with Gasteiger partial charge in [0.1, 0.15) is 11.6 Å². The topological polar surface area (TPSA) is 87.5 Å². The lowest BCUT2D eigenvalue weighted by Crippen LogP contribution is -2.29. The lowest BCUT2D eigenvalue weighted by molar-refractivity contribution is 0.0942. The fraction of sp³-hybridized carbons (Fsp3) is 0.227. The predicted molar refractivity (Wildman–Crippen MR) is 112 cm³/mol. The zero-order valence-corrected chi connectivity index (χ0v) is 17.0. The molecule has 2 N–H and O–H groups in total. The van der Waals surface area contributed by atoms with Crippen LogP contribution in [0.15, 0.2) is 53.3 Å². The van der Waals surface area contributed by atoms with Gasteiger partial charge in [0.15, 0.2) is 5.69 Å². The number of rotatable bonds is 6. The van der Waals surface area contributed by atoms with Gasteiger partial charge >= 0.3 is 0 Å². The van der Waals surface area contributed by atoms with Crippen molar-refractivity contribution in [3.63, 3.8) is 0 Å². The summed E-state index contributed by atoms with van der Waals surface area (Å²) < 4.78 is 14.2. The van der Waals surface area contributed by atoms with Crippen LogP contribution in [0.3, 0.4) is 0 Å². The van der Waals surface area contributed by atoms with Gasteiger partial charge in [-0.2, -0.15) is 0 Å². The number of aromatic hydroxyl groups is 1. The van der Waals surface area contributed by atoms with Crippen molar-refractivity contribution in [1.82, 2.24) is 19.8 Å². The smallest absolute Gasteiger partial charge is 0.296 e. The molecule has 156 valence electrons. The third kappa shape index (κ3) is 4.72. The van der Waals surface area contributed by atoms with Gasteiger partial charge in [0.25, 0.3) is 11.5 Å². The Hall–Kier alpha value is -3.52. The number of amides is 1. The van der Waals surface area contributed by atoms with Crippen LogP contribution in [-0.4, -0.2) is 39.6 Å². The van der Waals surface area contributed by atoms with Crippen molar-refractivity contribution in [2.45, 2.75) is 13.1 Å². The highest BCUT2D eigenvalue weighted by Gasteiger charge is 2.20. The molecular weight excluding hydrogens is 387 g/mol. The highest BCUT2D eigenvalue weighted by Crippen LogP contribution is 2.20. The van der Waals surface area contributed by atoms with Crippen LogP contribution >= 0.6 is 0 Å². The molecule has 0 saturated heterocycles. The summed E-state index contributed by atoms with van der Waals surface area (Å²) in [6.45, 7) is 0.864. The quantitative estimate of drug-likeness (QED) is 0.651. The summed E-state index contributed by atoms with van der Waals surface area (Å²) in [6.07, 6.45) is 0. The number of halogens is 1. The van der Waals surface area contributed by atoms with Crippen LogP contribution in [0.5, 0.6) is 5.75 Å². The molecule has 0 aliphatic rings. The van der Waals surface area contributed by atoms with Crippen molar-refractivity contribution in [2.24, 2.45) is 7.05 Å². The van der Waals surface area contributed by atoms with E-state index < -0.39 is 17.2 Å². The lowest BCUT2D eigenvalue weighted by atomic mass is 10.1. The van der Waals surface area contributed by atoms with E-state index >= 15 is 0 Å². The minimum absolute atomic E-state index is 0.101. The molecule has 0 unspecified atom stereocenters. The summed E-state index contributed by atoms with van der Waals surface area (Å²) in [5, 5.41) is 12.8. The van der Waals surface area contributed by atoms with Crippen molar-refractivity contribution < 1.29 is 14.3 Å². The SMILES string of the molecule is CN(C)Cc1ccc(-c2nc(C(=O)NCc3ccc(F)cc3)c(O)c(=O)n2C)cc1. The van der Waals surface area contributed by atoms with Crippen LogP contribution in [0.25, 0.3) is 11.4 Å². The van der Waals surface area contributed by atoms with Crippen molar-refractivity contribution in [2.75, 3.05) is 14.1 Å². The number of carbonyl (C=O) groups is 1. The monoisotopic (exact) mass is 410 g/mol. The van der Waals surface area contributed by atoms with E-state index in [-0.39, 0.29) is 23.9 Å². The summed E-state index contributed by atoms with van der Waals surface area (Å²) in [4.78, 5) is 31.3. The van der Waals surface area contributed by atoms with E-state index in [1.807, 2.05) is 43.3 Å². The summed E-state index contributed by atoms with van der Waals surface area (Å²) in [5.74, 6) is -1.53. The van der Waals surface area contributed by atoms with Crippen LogP contribution in [-0.2, 0) is 20.1 Å². The molecule has 0 saturated carbocycles. The summed E-state index contributed by atoms with van der Waals surface area (Å²) in [7, 11) is 5.42. The molecule has 7 nitrogen and oxygen atoms in total. The van der Waals surface area contributed by atoms with E-state index in [0.29, 0.717) is 11.1 Å². The molecule has 0 aliphatic heterocycles.